The number of rotatable bonds is 4. The van der Waals surface area contributed by atoms with Crippen molar-refractivity contribution in [2.75, 3.05) is 32.1 Å². The van der Waals surface area contributed by atoms with Crippen molar-refractivity contribution in [3.8, 4) is 0 Å². The van der Waals surface area contributed by atoms with Crippen LogP contribution in [0.3, 0.4) is 0 Å². The zero-order chi connectivity index (χ0) is 15.0. The summed E-state index contributed by atoms with van der Waals surface area (Å²) >= 11 is 0. The highest BCUT2D eigenvalue weighted by Crippen LogP contribution is 2.25. The van der Waals surface area contributed by atoms with Gasteiger partial charge in [0.05, 0.1) is 11.0 Å². The van der Waals surface area contributed by atoms with Gasteiger partial charge in [0.15, 0.2) is 0 Å². The number of nitrogens with one attached hydrogen (secondary N) is 1. The Morgan fingerprint density at radius 1 is 1.52 bits per heavy atom. The number of likely N-dealkylation sites (N-methyl/N-ethyl adjacent to an activating group) is 1. The third-order valence-corrected chi connectivity index (χ3v) is 4.09. The second-order valence-electron chi connectivity index (χ2n) is 5.79. The molecule has 6 heteroatoms. The second-order valence-corrected chi connectivity index (χ2v) is 5.79. The van der Waals surface area contributed by atoms with Crippen LogP contribution in [0.1, 0.15) is 12.2 Å². The van der Waals surface area contributed by atoms with E-state index in [0.29, 0.717) is 11.9 Å². The molecule has 1 aromatic heterocycles. The van der Waals surface area contributed by atoms with Crippen molar-refractivity contribution in [1.82, 2.24) is 14.9 Å². The number of hydrogen-bond acceptors (Lipinski definition) is 5. The SMILES string of the molecule is CN(C)C1CCN(c2ccc3nc(CC(=O)[O-])[nH]c3c2)C1. The monoisotopic (exact) mass is 287 g/mol. The lowest BCUT2D eigenvalue weighted by Gasteiger charge is -2.21. The fourth-order valence-corrected chi connectivity index (χ4v) is 2.87. The molecule has 1 saturated heterocycles. The molecule has 2 heterocycles. The van der Waals surface area contributed by atoms with Gasteiger partial charge in [-0.05, 0) is 38.7 Å². The molecule has 3 rings (SSSR count). The summed E-state index contributed by atoms with van der Waals surface area (Å²) in [4.78, 5) is 22.6. The van der Waals surface area contributed by atoms with Crippen LogP contribution in [-0.4, -0.2) is 54.1 Å². The number of hydrogen-bond donors (Lipinski definition) is 1. The number of imidazole rings is 1. The van der Waals surface area contributed by atoms with Crippen LogP contribution < -0.4 is 10.0 Å². The molecule has 1 aliphatic rings. The minimum absolute atomic E-state index is 0.184. The number of aromatic nitrogens is 2. The molecule has 1 aliphatic heterocycles. The Kier molecular flexibility index (Phi) is 3.55. The molecular formula is C15H19N4O2-. The minimum atomic E-state index is -1.12. The lowest BCUT2D eigenvalue weighted by molar-refractivity contribution is -0.304. The fourth-order valence-electron chi connectivity index (χ4n) is 2.87. The smallest absolute Gasteiger partial charge is 0.112 e. The van der Waals surface area contributed by atoms with Crippen molar-refractivity contribution >= 4 is 22.7 Å². The number of H-pyrrole nitrogens is 1. The number of carboxylic acid groups (broad SMARTS) is 1. The maximum absolute atomic E-state index is 10.6. The molecule has 112 valence electrons. The number of carboxylic acids is 1. The maximum atomic E-state index is 10.6. The first kappa shape index (κ1) is 13.9. The van der Waals surface area contributed by atoms with Gasteiger partial charge >= 0.3 is 0 Å². The summed E-state index contributed by atoms with van der Waals surface area (Å²) in [6.07, 6.45) is 0.973. The lowest BCUT2D eigenvalue weighted by Crippen LogP contribution is -2.31. The molecule has 1 N–H and O–H groups in total. The first-order valence-corrected chi connectivity index (χ1v) is 7.13. The van der Waals surface area contributed by atoms with Gasteiger partial charge in [-0.1, -0.05) is 0 Å². The molecule has 0 bridgehead atoms. The van der Waals surface area contributed by atoms with Crippen LogP contribution in [0.2, 0.25) is 0 Å². The third kappa shape index (κ3) is 2.85. The Labute approximate surface area is 123 Å². The van der Waals surface area contributed by atoms with Gasteiger partial charge in [0.2, 0.25) is 0 Å². The van der Waals surface area contributed by atoms with Crippen molar-refractivity contribution in [3.63, 3.8) is 0 Å². The molecule has 0 saturated carbocycles. The molecule has 21 heavy (non-hydrogen) atoms. The average Bonchev–Trinajstić information content (AvgIpc) is 3.02. The first-order chi connectivity index (χ1) is 10.0. The van der Waals surface area contributed by atoms with E-state index in [0.717, 1.165) is 36.2 Å². The van der Waals surface area contributed by atoms with Crippen molar-refractivity contribution < 1.29 is 9.90 Å². The Bertz CT molecular complexity index is 665. The predicted octanol–water partition coefficient (Wildman–Crippen LogP) is -0.00440. The van der Waals surface area contributed by atoms with E-state index in [1.807, 2.05) is 18.2 Å². The Morgan fingerprint density at radius 3 is 3.00 bits per heavy atom. The highest BCUT2D eigenvalue weighted by atomic mass is 16.4. The van der Waals surface area contributed by atoms with E-state index in [9.17, 15) is 9.90 Å². The molecule has 0 radical (unpaired) electrons. The molecule has 0 spiro atoms. The molecule has 2 aromatic rings. The van der Waals surface area contributed by atoms with Gasteiger partial charge in [-0.2, -0.15) is 0 Å². The molecule has 0 aliphatic carbocycles. The quantitative estimate of drug-likeness (QED) is 0.856. The van der Waals surface area contributed by atoms with Gasteiger partial charge in [-0.15, -0.1) is 0 Å². The van der Waals surface area contributed by atoms with Gasteiger partial charge in [0.1, 0.15) is 5.82 Å². The van der Waals surface area contributed by atoms with E-state index >= 15 is 0 Å². The summed E-state index contributed by atoms with van der Waals surface area (Å²) in [7, 11) is 4.22. The highest BCUT2D eigenvalue weighted by molar-refractivity contribution is 5.80. The lowest BCUT2D eigenvalue weighted by atomic mass is 10.2. The van der Waals surface area contributed by atoms with Crippen LogP contribution >= 0.6 is 0 Å². The second kappa shape index (κ2) is 5.37. The van der Waals surface area contributed by atoms with Gasteiger partial charge in [-0.25, -0.2) is 4.98 Å². The number of carbonyl (C=O) groups excluding carboxylic acids is 1. The van der Waals surface area contributed by atoms with Crippen LogP contribution in [0.25, 0.3) is 11.0 Å². The standard InChI is InChI=1S/C15H20N4O2/c1-18(2)11-5-6-19(9-11)10-3-4-12-13(7-10)17-14(16-12)8-15(20)21/h3-4,7,11H,5-6,8-9H2,1-2H3,(H,16,17)(H,20,21)/p-1. The topological polar surface area (TPSA) is 75.3 Å². The number of nitrogens with zero attached hydrogens (tertiary/aromatic N) is 3. The number of anilines is 1. The summed E-state index contributed by atoms with van der Waals surface area (Å²) in [5.41, 5.74) is 2.81. The summed E-state index contributed by atoms with van der Waals surface area (Å²) in [5.74, 6) is -0.683. The van der Waals surface area contributed by atoms with Crippen LogP contribution in [0.15, 0.2) is 18.2 Å². The van der Waals surface area contributed by atoms with E-state index in [4.69, 9.17) is 0 Å². The zero-order valence-electron chi connectivity index (χ0n) is 12.3. The van der Waals surface area contributed by atoms with Crippen molar-refractivity contribution in [2.45, 2.75) is 18.9 Å². The number of benzene rings is 1. The van der Waals surface area contributed by atoms with Crippen LogP contribution in [0.4, 0.5) is 5.69 Å². The highest BCUT2D eigenvalue weighted by Gasteiger charge is 2.24. The Balaban J connectivity index is 1.82. The molecule has 6 nitrogen and oxygen atoms in total. The molecular weight excluding hydrogens is 268 g/mol. The summed E-state index contributed by atoms with van der Waals surface area (Å²) in [5, 5.41) is 10.6. The third-order valence-electron chi connectivity index (χ3n) is 4.09. The largest absolute Gasteiger partial charge is 0.550 e. The summed E-state index contributed by atoms with van der Waals surface area (Å²) in [6.45, 7) is 2.05. The van der Waals surface area contributed by atoms with Crippen molar-refractivity contribution in [2.24, 2.45) is 0 Å². The van der Waals surface area contributed by atoms with Gasteiger partial charge in [0, 0.05) is 37.2 Å². The van der Waals surface area contributed by atoms with Crippen LogP contribution in [-0.2, 0) is 11.2 Å². The Hall–Kier alpha value is -2.08. The number of aromatic amines is 1. The van der Waals surface area contributed by atoms with Crippen LogP contribution in [0, 0.1) is 0 Å². The van der Waals surface area contributed by atoms with Crippen LogP contribution in [0.5, 0.6) is 0 Å². The number of fused-ring (bicyclic) bond motifs is 1. The van der Waals surface area contributed by atoms with E-state index < -0.39 is 5.97 Å². The molecule has 1 atom stereocenters. The molecule has 1 aromatic carbocycles. The molecule has 1 unspecified atom stereocenters. The number of aliphatic carboxylic acids is 1. The molecule has 0 amide bonds. The van der Waals surface area contributed by atoms with Gasteiger partial charge in [-0.3, -0.25) is 0 Å². The van der Waals surface area contributed by atoms with Crippen molar-refractivity contribution in [1.29, 1.82) is 0 Å². The van der Waals surface area contributed by atoms with Crippen molar-refractivity contribution in [3.05, 3.63) is 24.0 Å². The Morgan fingerprint density at radius 2 is 2.33 bits per heavy atom. The average molecular weight is 287 g/mol. The zero-order valence-corrected chi connectivity index (χ0v) is 12.3. The normalized spacial score (nSPS) is 18.8. The van der Waals surface area contributed by atoms with E-state index in [2.05, 4.69) is 33.9 Å². The van der Waals surface area contributed by atoms with Gasteiger partial charge in [0.25, 0.3) is 0 Å². The van der Waals surface area contributed by atoms with E-state index in [1.54, 1.807) is 0 Å². The summed E-state index contributed by atoms with van der Waals surface area (Å²) < 4.78 is 0. The predicted molar refractivity (Wildman–Crippen MR) is 79.1 cm³/mol. The summed E-state index contributed by atoms with van der Waals surface area (Å²) in [6, 6.07) is 6.60. The van der Waals surface area contributed by atoms with E-state index in [1.165, 1.54) is 0 Å². The first-order valence-electron chi connectivity index (χ1n) is 7.13. The molecule has 1 fully saturated rings. The maximum Gasteiger partial charge on any atom is 0.112 e. The van der Waals surface area contributed by atoms with Gasteiger partial charge < -0.3 is 24.7 Å². The minimum Gasteiger partial charge on any atom is -0.550 e. The van der Waals surface area contributed by atoms with E-state index in [-0.39, 0.29) is 6.42 Å². The number of carbonyl (C=O) groups is 1. The fraction of sp³-hybridized carbons (Fsp3) is 0.467.